The van der Waals surface area contributed by atoms with Crippen molar-refractivity contribution in [1.29, 1.82) is 0 Å². The molecule has 0 atom stereocenters. The molecule has 168 valence electrons. The van der Waals surface area contributed by atoms with E-state index in [4.69, 9.17) is 0 Å². The van der Waals surface area contributed by atoms with Crippen molar-refractivity contribution in [2.45, 2.75) is 53.4 Å². The minimum atomic E-state index is -0.410. The van der Waals surface area contributed by atoms with Crippen molar-refractivity contribution in [3.05, 3.63) is 82.2 Å². The Kier molecular flexibility index (Phi) is 5.52. The maximum Gasteiger partial charge on any atom is 0.256 e. The lowest BCUT2D eigenvalue weighted by molar-refractivity contribution is -0.125. The van der Waals surface area contributed by atoms with Crippen LogP contribution in [0.4, 0.5) is 0 Å². The molecule has 3 aliphatic rings. The number of allylic oxidation sites excluding steroid dienone is 4. The van der Waals surface area contributed by atoms with E-state index in [1.807, 2.05) is 32.3 Å². The molecule has 0 fully saturated rings. The van der Waals surface area contributed by atoms with Crippen LogP contribution >= 0.6 is 0 Å². The number of carbonyl (C=O) groups is 2. The maximum atomic E-state index is 13.5. The summed E-state index contributed by atoms with van der Waals surface area (Å²) in [6.07, 6.45) is 10.3. The number of fused-ring (bicyclic) bond motifs is 1. The van der Waals surface area contributed by atoms with Gasteiger partial charge in [-0.1, -0.05) is 81.8 Å². The largest absolute Gasteiger partial charge is 0.309 e. The van der Waals surface area contributed by atoms with E-state index in [-0.39, 0.29) is 17.2 Å². The Bertz CT molecular complexity index is 1080. The van der Waals surface area contributed by atoms with Crippen molar-refractivity contribution in [2.24, 2.45) is 10.8 Å². The Balaban J connectivity index is 1.80. The van der Waals surface area contributed by atoms with Crippen LogP contribution in [-0.2, 0) is 16.0 Å². The van der Waals surface area contributed by atoms with E-state index < -0.39 is 5.41 Å². The number of carbonyl (C=O) groups excluding carboxylic acids is 2. The first-order valence-electron chi connectivity index (χ1n) is 11.5. The summed E-state index contributed by atoms with van der Waals surface area (Å²) in [7, 11) is 3.62. The number of amides is 2. The van der Waals surface area contributed by atoms with E-state index in [9.17, 15) is 9.59 Å². The van der Waals surface area contributed by atoms with Gasteiger partial charge in [0.1, 0.15) is 0 Å². The third-order valence-corrected chi connectivity index (χ3v) is 6.97. The van der Waals surface area contributed by atoms with Crippen LogP contribution in [0.3, 0.4) is 0 Å². The van der Waals surface area contributed by atoms with Gasteiger partial charge >= 0.3 is 0 Å². The van der Waals surface area contributed by atoms with Crippen molar-refractivity contribution < 1.29 is 9.59 Å². The SMILES string of the molecule is CN1C(=O)C(C(C)(C)Cc2ccccc2)=C2C1=C(C(C)(C)CC1=CCCC=C1)C(=O)N2C. The molecular formula is C28H34N2O2. The van der Waals surface area contributed by atoms with Crippen LogP contribution in [0.5, 0.6) is 0 Å². The zero-order chi connectivity index (χ0) is 23.3. The summed E-state index contributed by atoms with van der Waals surface area (Å²) in [5.41, 5.74) is 4.72. The number of hydrogen-bond donors (Lipinski definition) is 0. The molecule has 32 heavy (non-hydrogen) atoms. The maximum absolute atomic E-state index is 13.5. The third-order valence-electron chi connectivity index (χ3n) is 6.97. The lowest BCUT2D eigenvalue weighted by atomic mass is 9.76. The van der Waals surface area contributed by atoms with Gasteiger partial charge in [-0.05, 0) is 31.2 Å². The molecule has 1 aromatic rings. The Labute approximate surface area is 192 Å². The number of benzene rings is 1. The summed E-state index contributed by atoms with van der Waals surface area (Å²) in [4.78, 5) is 30.5. The summed E-state index contributed by atoms with van der Waals surface area (Å²) >= 11 is 0. The molecule has 2 heterocycles. The second-order valence-corrected chi connectivity index (χ2v) is 10.5. The number of hydrogen-bond acceptors (Lipinski definition) is 2. The normalized spacial score (nSPS) is 19.4. The molecule has 4 rings (SSSR count). The molecule has 0 unspecified atom stereocenters. The summed E-state index contributed by atoms with van der Waals surface area (Å²) in [6, 6.07) is 10.2. The number of nitrogens with zero attached hydrogens (tertiary/aromatic N) is 2. The molecule has 0 saturated heterocycles. The van der Waals surface area contributed by atoms with E-state index in [2.05, 4.69) is 58.1 Å². The van der Waals surface area contributed by atoms with Gasteiger partial charge in [-0.15, -0.1) is 0 Å². The average Bonchev–Trinajstić information content (AvgIpc) is 3.14. The molecule has 1 aromatic carbocycles. The summed E-state index contributed by atoms with van der Waals surface area (Å²) in [6.45, 7) is 8.46. The van der Waals surface area contributed by atoms with Crippen molar-refractivity contribution in [1.82, 2.24) is 9.80 Å². The van der Waals surface area contributed by atoms with Crippen LogP contribution in [0.1, 0.15) is 52.5 Å². The number of rotatable bonds is 6. The predicted molar refractivity (Wildman–Crippen MR) is 128 cm³/mol. The molecule has 2 amide bonds. The van der Waals surface area contributed by atoms with E-state index in [1.165, 1.54) is 11.1 Å². The molecule has 0 aromatic heterocycles. The monoisotopic (exact) mass is 430 g/mol. The van der Waals surface area contributed by atoms with Crippen LogP contribution in [0.15, 0.2) is 76.7 Å². The minimum absolute atomic E-state index is 0.000332. The Morgan fingerprint density at radius 3 is 1.81 bits per heavy atom. The first kappa shape index (κ1) is 22.3. The van der Waals surface area contributed by atoms with Crippen LogP contribution in [0, 0.1) is 10.8 Å². The second-order valence-electron chi connectivity index (χ2n) is 10.5. The molecular weight excluding hydrogens is 396 g/mol. The Hall–Kier alpha value is -2.88. The van der Waals surface area contributed by atoms with E-state index >= 15 is 0 Å². The predicted octanol–water partition coefficient (Wildman–Crippen LogP) is 5.40. The van der Waals surface area contributed by atoms with Gasteiger partial charge in [-0.25, -0.2) is 0 Å². The smallest absolute Gasteiger partial charge is 0.256 e. The fourth-order valence-electron chi connectivity index (χ4n) is 5.44. The zero-order valence-corrected chi connectivity index (χ0v) is 20.2. The first-order valence-corrected chi connectivity index (χ1v) is 11.5. The van der Waals surface area contributed by atoms with Gasteiger partial charge in [-0.3, -0.25) is 9.59 Å². The van der Waals surface area contributed by atoms with Gasteiger partial charge in [0.05, 0.1) is 11.4 Å². The topological polar surface area (TPSA) is 40.6 Å². The number of likely N-dealkylation sites (N-methyl/N-ethyl adjacent to an activating group) is 2. The third kappa shape index (κ3) is 3.66. The van der Waals surface area contributed by atoms with Crippen LogP contribution in [0.25, 0.3) is 0 Å². The highest BCUT2D eigenvalue weighted by Gasteiger charge is 2.51. The first-order chi connectivity index (χ1) is 15.0. The van der Waals surface area contributed by atoms with Crippen LogP contribution < -0.4 is 0 Å². The molecule has 0 bridgehead atoms. The molecule has 2 aliphatic heterocycles. The molecule has 4 heteroatoms. The fourth-order valence-corrected chi connectivity index (χ4v) is 5.44. The summed E-state index contributed by atoms with van der Waals surface area (Å²) in [5.74, 6) is 0.00751. The lowest BCUT2D eigenvalue weighted by Crippen LogP contribution is -2.34. The van der Waals surface area contributed by atoms with Gasteiger partial charge in [0, 0.05) is 36.1 Å². The van der Waals surface area contributed by atoms with E-state index in [0.29, 0.717) is 0 Å². The van der Waals surface area contributed by atoms with Crippen LogP contribution in [-0.4, -0.2) is 35.7 Å². The van der Waals surface area contributed by atoms with Gasteiger partial charge in [0.2, 0.25) is 0 Å². The van der Waals surface area contributed by atoms with Gasteiger partial charge in [0.25, 0.3) is 11.8 Å². The average molecular weight is 431 g/mol. The highest BCUT2D eigenvalue weighted by atomic mass is 16.2. The van der Waals surface area contributed by atoms with E-state index in [0.717, 1.165) is 48.2 Å². The molecule has 0 N–H and O–H groups in total. The van der Waals surface area contributed by atoms with Gasteiger partial charge < -0.3 is 9.80 Å². The summed E-state index contributed by atoms with van der Waals surface area (Å²) < 4.78 is 0. The highest BCUT2D eigenvalue weighted by molar-refractivity contribution is 6.10. The van der Waals surface area contributed by atoms with Crippen molar-refractivity contribution in [2.75, 3.05) is 14.1 Å². The summed E-state index contributed by atoms with van der Waals surface area (Å²) in [5, 5.41) is 0. The fraction of sp³-hybridized carbons (Fsp3) is 0.429. The molecule has 0 spiro atoms. The standard InChI is InChI=1S/C28H34N2O2/c1-27(2,17-19-13-9-7-10-14-19)21-23-24(30(6)25(21)31)22(26(32)29(23)5)28(3,4)18-20-15-11-8-12-16-20/h7,9-11,13-16H,8,12,17-18H2,1-6H3. The van der Waals surface area contributed by atoms with Crippen molar-refractivity contribution in [3.8, 4) is 0 Å². The Morgan fingerprint density at radius 2 is 1.31 bits per heavy atom. The second kappa shape index (κ2) is 7.91. The zero-order valence-electron chi connectivity index (χ0n) is 20.2. The molecule has 4 nitrogen and oxygen atoms in total. The molecule has 0 radical (unpaired) electrons. The van der Waals surface area contributed by atoms with Gasteiger partial charge in [0.15, 0.2) is 0 Å². The van der Waals surface area contributed by atoms with Crippen molar-refractivity contribution in [3.63, 3.8) is 0 Å². The van der Waals surface area contributed by atoms with Gasteiger partial charge in [-0.2, -0.15) is 0 Å². The molecule has 1 aliphatic carbocycles. The van der Waals surface area contributed by atoms with E-state index in [1.54, 1.807) is 9.80 Å². The van der Waals surface area contributed by atoms with Crippen LogP contribution in [0.2, 0.25) is 0 Å². The minimum Gasteiger partial charge on any atom is -0.309 e. The quantitative estimate of drug-likeness (QED) is 0.606. The highest BCUT2D eigenvalue weighted by Crippen LogP contribution is 2.51. The molecule has 0 saturated carbocycles. The lowest BCUT2D eigenvalue weighted by Gasteiger charge is -2.30. The van der Waals surface area contributed by atoms with Crippen molar-refractivity contribution >= 4 is 11.8 Å². The Morgan fingerprint density at radius 1 is 0.781 bits per heavy atom.